The van der Waals surface area contributed by atoms with E-state index in [1.807, 2.05) is 31.2 Å². The van der Waals surface area contributed by atoms with Crippen molar-refractivity contribution in [2.45, 2.75) is 26.3 Å². The molecule has 1 rings (SSSR count). The van der Waals surface area contributed by atoms with Crippen molar-refractivity contribution in [1.29, 1.82) is 5.26 Å². The molecule has 1 aromatic rings. The highest BCUT2D eigenvalue weighted by Crippen LogP contribution is 2.12. The molecular formula is C13H18N2O. The van der Waals surface area contributed by atoms with Gasteiger partial charge in [0, 0.05) is 0 Å². The molecule has 0 amide bonds. The van der Waals surface area contributed by atoms with Gasteiger partial charge in [-0.3, -0.25) is 5.32 Å². The van der Waals surface area contributed by atoms with Crippen LogP contribution in [0.5, 0.6) is 5.75 Å². The molecule has 0 heterocycles. The Kier molecular flexibility index (Phi) is 5.38. The lowest BCUT2D eigenvalue weighted by Crippen LogP contribution is -2.33. The summed E-state index contributed by atoms with van der Waals surface area (Å²) in [5.41, 5.74) is 1.16. The summed E-state index contributed by atoms with van der Waals surface area (Å²) in [5, 5.41) is 12.0. The van der Waals surface area contributed by atoms with E-state index in [4.69, 9.17) is 10.00 Å². The molecule has 1 aromatic carbocycles. The molecule has 0 bridgehead atoms. The Bertz CT molecular complexity index is 357. The summed E-state index contributed by atoms with van der Waals surface area (Å²) in [6.07, 6.45) is 1.02. The molecule has 1 unspecified atom stereocenters. The van der Waals surface area contributed by atoms with E-state index < -0.39 is 0 Å². The fourth-order valence-corrected chi connectivity index (χ4v) is 1.35. The van der Waals surface area contributed by atoms with Gasteiger partial charge in [-0.1, -0.05) is 19.1 Å². The third-order valence-corrected chi connectivity index (χ3v) is 2.20. The quantitative estimate of drug-likeness (QED) is 0.796. The van der Waals surface area contributed by atoms with Gasteiger partial charge in [0.1, 0.15) is 18.4 Å². The SMILES string of the molecule is CCCNC(C#N)COc1cccc(C)c1. The highest BCUT2D eigenvalue weighted by atomic mass is 16.5. The standard InChI is InChI=1S/C13H18N2O/c1-3-7-15-12(9-14)10-16-13-6-4-5-11(2)8-13/h4-6,8,12,15H,3,7,10H2,1-2H3. The van der Waals surface area contributed by atoms with Crippen molar-refractivity contribution in [2.24, 2.45) is 0 Å². The Hall–Kier alpha value is -1.53. The zero-order valence-corrected chi connectivity index (χ0v) is 9.86. The lowest BCUT2D eigenvalue weighted by molar-refractivity contribution is 0.289. The summed E-state index contributed by atoms with van der Waals surface area (Å²) in [6, 6.07) is 9.79. The van der Waals surface area contributed by atoms with Crippen molar-refractivity contribution < 1.29 is 4.74 Å². The monoisotopic (exact) mass is 218 g/mol. The van der Waals surface area contributed by atoms with Crippen LogP contribution in [0.4, 0.5) is 0 Å². The van der Waals surface area contributed by atoms with Crippen molar-refractivity contribution >= 4 is 0 Å². The van der Waals surface area contributed by atoms with E-state index in [-0.39, 0.29) is 6.04 Å². The molecule has 0 saturated heterocycles. The first kappa shape index (κ1) is 12.5. The first-order chi connectivity index (χ1) is 7.76. The van der Waals surface area contributed by atoms with E-state index in [2.05, 4.69) is 18.3 Å². The highest BCUT2D eigenvalue weighted by molar-refractivity contribution is 5.27. The van der Waals surface area contributed by atoms with Gasteiger partial charge < -0.3 is 4.74 Å². The van der Waals surface area contributed by atoms with Crippen LogP contribution in [-0.2, 0) is 0 Å². The predicted molar refractivity (Wildman–Crippen MR) is 64.4 cm³/mol. The summed E-state index contributed by atoms with van der Waals surface area (Å²) < 4.78 is 5.55. The van der Waals surface area contributed by atoms with E-state index in [1.54, 1.807) is 0 Å². The van der Waals surface area contributed by atoms with Gasteiger partial charge in [-0.05, 0) is 37.6 Å². The van der Waals surface area contributed by atoms with Crippen LogP contribution in [0, 0.1) is 18.3 Å². The molecule has 86 valence electrons. The van der Waals surface area contributed by atoms with Gasteiger partial charge in [0.2, 0.25) is 0 Å². The number of hydrogen-bond acceptors (Lipinski definition) is 3. The average molecular weight is 218 g/mol. The minimum Gasteiger partial charge on any atom is -0.491 e. The molecule has 0 radical (unpaired) electrons. The molecule has 1 N–H and O–H groups in total. The second-order valence-electron chi connectivity index (χ2n) is 3.76. The molecule has 0 fully saturated rings. The Balaban J connectivity index is 2.41. The Morgan fingerprint density at radius 1 is 1.50 bits per heavy atom. The molecule has 0 aliphatic rings. The van der Waals surface area contributed by atoms with E-state index in [0.717, 1.165) is 24.3 Å². The predicted octanol–water partition coefficient (Wildman–Crippen LogP) is 2.27. The van der Waals surface area contributed by atoms with Gasteiger partial charge in [0.25, 0.3) is 0 Å². The minimum atomic E-state index is -0.236. The average Bonchev–Trinajstić information content (AvgIpc) is 2.29. The van der Waals surface area contributed by atoms with Gasteiger partial charge in [-0.25, -0.2) is 0 Å². The lowest BCUT2D eigenvalue weighted by atomic mass is 10.2. The van der Waals surface area contributed by atoms with Crippen LogP contribution in [-0.4, -0.2) is 19.2 Å². The first-order valence-electron chi connectivity index (χ1n) is 5.58. The zero-order valence-electron chi connectivity index (χ0n) is 9.86. The van der Waals surface area contributed by atoms with Gasteiger partial charge >= 0.3 is 0 Å². The number of ether oxygens (including phenoxy) is 1. The van der Waals surface area contributed by atoms with Crippen molar-refractivity contribution in [3.8, 4) is 11.8 Å². The van der Waals surface area contributed by atoms with Crippen LogP contribution in [0.3, 0.4) is 0 Å². The maximum absolute atomic E-state index is 8.89. The number of benzene rings is 1. The highest BCUT2D eigenvalue weighted by Gasteiger charge is 2.06. The minimum absolute atomic E-state index is 0.236. The fourth-order valence-electron chi connectivity index (χ4n) is 1.35. The van der Waals surface area contributed by atoms with Crippen molar-refractivity contribution in [3.63, 3.8) is 0 Å². The Morgan fingerprint density at radius 3 is 2.94 bits per heavy atom. The maximum Gasteiger partial charge on any atom is 0.130 e. The molecule has 0 aliphatic heterocycles. The van der Waals surface area contributed by atoms with Crippen LogP contribution in [0.15, 0.2) is 24.3 Å². The molecule has 0 saturated carbocycles. The molecule has 3 nitrogen and oxygen atoms in total. The number of nitrogens with zero attached hydrogens (tertiary/aromatic N) is 1. The molecule has 0 aliphatic carbocycles. The first-order valence-corrected chi connectivity index (χ1v) is 5.58. The molecular weight excluding hydrogens is 200 g/mol. The van der Waals surface area contributed by atoms with Crippen LogP contribution in [0.2, 0.25) is 0 Å². The second kappa shape index (κ2) is 6.86. The number of hydrogen-bond donors (Lipinski definition) is 1. The van der Waals surface area contributed by atoms with Gasteiger partial charge in [0.15, 0.2) is 0 Å². The van der Waals surface area contributed by atoms with Crippen molar-refractivity contribution in [3.05, 3.63) is 29.8 Å². The summed E-state index contributed by atoms with van der Waals surface area (Å²) in [7, 11) is 0. The van der Waals surface area contributed by atoms with Crippen molar-refractivity contribution in [1.82, 2.24) is 5.32 Å². The smallest absolute Gasteiger partial charge is 0.130 e. The third kappa shape index (κ3) is 4.33. The largest absolute Gasteiger partial charge is 0.491 e. The molecule has 1 atom stereocenters. The van der Waals surface area contributed by atoms with Crippen LogP contribution < -0.4 is 10.1 Å². The van der Waals surface area contributed by atoms with Gasteiger partial charge in [-0.2, -0.15) is 5.26 Å². The molecule has 0 spiro atoms. The molecule has 3 heteroatoms. The van der Waals surface area contributed by atoms with Crippen LogP contribution >= 0.6 is 0 Å². The number of aryl methyl sites for hydroxylation is 1. The second-order valence-corrected chi connectivity index (χ2v) is 3.76. The van der Waals surface area contributed by atoms with Crippen molar-refractivity contribution in [2.75, 3.05) is 13.2 Å². The van der Waals surface area contributed by atoms with E-state index in [9.17, 15) is 0 Å². The number of rotatable bonds is 6. The van der Waals surface area contributed by atoms with Crippen LogP contribution in [0.1, 0.15) is 18.9 Å². The zero-order chi connectivity index (χ0) is 11.8. The van der Waals surface area contributed by atoms with Crippen LogP contribution in [0.25, 0.3) is 0 Å². The number of nitrogens with one attached hydrogen (secondary N) is 1. The normalized spacial score (nSPS) is 11.8. The van der Waals surface area contributed by atoms with E-state index in [1.165, 1.54) is 0 Å². The van der Waals surface area contributed by atoms with Gasteiger partial charge in [-0.15, -0.1) is 0 Å². The molecule has 16 heavy (non-hydrogen) atoms. The summed E-state index contributed by atoms with van der Waals surface area (Å²) in [5.74, 6) is 0.818. The third-order valence-electron chi connectivity index (χ3n) is 2.20. The lowest BCUT2D eigenvalue weighted by Gasteiger charge is -2.12. The summed E-state index contributed by atoms with van der Waals surface area (Å²) >= 11 is 0. The fraction of sp³-hybridized carbons (Fsp3) is 0.462. The molecule has 0 aromatic heterocycles. The summed E-state index contributed by atoms with van der Waals surface area (Å²) in [4.78, 5) is 0. The number of nitriles is 1. The maximum atomic E-state index is 8.89. The summed E-state index contributed by atoms with van der Waals surface area (Å²) in [6.45, 7) is 5.32. The van der Waals surface area contributed by atoms with Gasteiger partial charge in [0.05, 0.1) is 6.07 Å². The van der Waals surface area contributed by atoms with E-state index >= 15 is 0 Å². The van der Waals surface area contributed by atoms with E-state index in [0.29, 0.717) is 6.61 Å². The Labute approximate surface area is 97.0 Å². The topological polar surface area (TPSA) is 45.0 Å². The Morgan fingerprint density at radius 2 is 2.31 bits per heavy atom.